The first-order valence-electron chi connectivity index (χ1n) is 7.40. The molecule has 21 heavy (non-hydrogen) atoms. The molecule has 8 heteroatoms. The monoisotopic (exact) mass is 433 g/mol. The van der Waals surface area contributed by atoms with Gasteiger partial charge in [0.05, 0.1) is 24.7 Å². The Labute approximate surface area is 145 Å². The van der Waals surface area contributed by atoms with E-state index in [1.165, 1.54) is 0 Å². The molecule has 1 aliphatic rings. The summed E-state index contributed by atoms with van der Waals surface area (Å²) in [6.07, 6.45) is 2.85. The molecule has 0 bridgehead atoms. The quantitative estimate of drug-likeness (QED) is 0.260. The Balaban J connectivity index is 0.00000400. The lowest BCUT2D eigenvalue weighted by molar-refractivity contribution is 0.139. The van der Waals surface area contributed by atoms with Crippen LogP contribution in [-0.4, -0.2) is 58.2 Å². The minimum absolute atomic E-state index is 0. The molecule has 2 N–H and O–H groups in total. The molecule has 1 saturated heterocycles. The fourth-order valence-electron chi connectivity index (χ4n) is 1.99. The number of rotatable bonds is 8. The molecule has 0 amide bonds. The summed E-state index contributed by atoms with van der Waals surface area (Å²) in [6, 6.07) is -0.0289. The predicted octanol–water partition coefficient (Wildman–Crippen LogP) is 1.16. The molecule has 0 saturated carbocycles. The van der Waals surface area contributed by atoms with Crippen molar-refractivity contribution in [2.45, 2.75) is 39.2 Å². The molecule has 1 rings (SSSR count). The van der Waals surface area contributed by atoms with Crippen molar-refractivity contribution in [1.82, 2.24) is 10.6 Å². The maximum atomic E-state index is 11.4. The second-order valence-electron chi connectivity index (χ2n) is 4.97. The first kappa shape index (κ1) is 20.9. The Morgan fingerprint density at radius 2 is 2.10 bits per heavy atom. The molecule has 1 fully saturated rings. The average Bonchev–Trinajstić information content (AvgIpc) is 2.73. The van der Waals surface area contributed by atoms with Gasteiger partial charge in [0, 0.05) is 19.2 Å². The minimum atomic E-state index is -2.86. The first-order valence-corrected chi connectivity index (χ1v) is 9.22. The highest BCUT2D eigenvalue weighted by Crippen LogP contribution is 2.10. The van der Waals surface area contributed by atoms with E-state index in [1.54, 1.807) is 0 Å². The summed E-state index contributed by atoms with van der Waals surface area (Å²) in [5.74, 6) is 1.14. The van der Waals surface area contributed by atoms with Gasteiger partial charge in [-0.15, -0.1) is 24.0 Å². The number of hydrogen-bond donors (Lipinski definition) is 2. The molecule has 0 aliphatic carbocycles. The fourth-order valence-corrected chi connectivity index (χ4v) is 3.67. The number of unbranched alkanes of at least 4 members (excludes halogenated alkanes) is 1. The number of nitrogens with zero attached hydrogens (tertiary/aromatic N) is 1. The molecular formula is C13H28IN3O3S. The summed E-state index contributed by atoms with van der Waals surface area (Å²) >= 11 is 0. The van der Waals surface area contributed by atoms with E-state index in [1.807, 2.05) is 6.92 Å². The lowest BCUT2D eigenvalue weighted by atomic mass is 10.3. The molecular weight excluding hydrogens is 405 g/mol. The zero-order chi connectivity index (χ0) is 14.8. The van der Waals surface area contributed by atoms with Crippen LogP contribution in [0.15, 0.2) is 4.99 Å². The van der Waals surface area contributed by atoms with Crippen LogP contribution in [0, 0.1) is 0 Å². The predicted molar refractivity (Wildman–Crippen MR) is 97.3 cm³/mol. The van der Waals surface area contributed by atoms with E-state index in [0.29, 0.717) is 25.5 Å². The highest BCUT2D eigenvalue weighted by molar-refractivity contribution is 14.0. The van der Waals surface area contributed by atoms with Crippen molar-refractivity contribution < 1.29 is 13.2 Å². The standard InChI is InChI=1S/C13H27N3O3S.HI/c1-3-5-8-19-9-7-15-13(14-4-2)16-12-6-10-20(17,18)11-12;/h12H,3-11H2,1-2H3,(H2,14,15,16);1H. The van der Waals surface area contributed by atoms with Crippen molar-refractivity contribution in [3.05, 3.63) is 0 Å². The summed E-state index contributed by atoms with van der Waals surface area (Å²) in [5.41, 5.74) is 0. The van der Waals surface area contributed by atoms with Gasteiger partial charge in [-0.25, -0.2) is 8.42 Å². The van der Waals surface area contributed by atoms with Gasteiger partial charge >= 0.3 is 0 Å². The van der Waals surface area contributed by atoms with E-state index >= 15 is 0 Å². The van der Waals surface area contributed by atoms with Crippen LogP contribution in [0.1, 0.15) is 33.1 Å². The van der Waals surface area contributed by atoms with Gasteiger partial charge in [0.25, 0.3) is 0 Å². The number of guanidine groups is 1. The summed E-state index contributed by atoms with van der Waals surface area (Å²) in [4.78, 5) is 4.40. The zero-order valence-corrected chi connectivity index (χ0v) is 16.1. The Hall–Kier alpha value is -0.0900. The SMILES string of the molecule is CCCCOCCN=C(NCC)NC1CCS(=O)(=O)C1.I. The molecule has 0 aromatic heterocycles. The van der Waals surface area contributed by atoms with Crippen molar-refractivity contribution in [3.63, 3.8) is 0 Å². The van der Waals surface area contributed by atoms with Crippen molar-refractivity contribution in [3.8, 4) is 0 Å². The summed E-state index contributed by atoms with van der Waals surface area (Å²) in [6.45, 7) is 6.82. The topological polar surface area (TPSA) is 79.8 Å². The van der Waals surface area contributed by atoms with Crippen LogP contribution < -0.4 is 10.6 Å². The molecule has 126 valence electrons. The van der Waals surface area contributed by atoms with Gasteiger partial charge < -0.3 is 15.4 Å². The smallest absolute Gasteiger partial charge is 0.191 e. The van der Waals surface area contributed by atoms with Gasteiger partial charge in [-0.2, -0.15) is 0 Å². The highest BCUT2D eigenvalue weighted by atomic mass is 127. The summed E-state index contributed by atoms with van der Waals surface area (Å²) < 4.78 is 28.3. The number of sulfone groups is 1. The lowest BCUT2D eigenvalue weighted by Gasteiger charge is -2.15. The van der Waals surface area contributed by atoms with Crippen molar-refractivity contribution in [2.75, 3.05) is 37.8 Å². The molecule has 0 aromatic rings. The van der Waals surface area contributed by atoms with E-state index in [2.05, 4.69) is 22.5 Å². The van der Waals surface area contributed by atoms with Gasteiger partial charge in [-0.3, -0.25) is 4.99 Å². The molecule has 0 spiro atoms. The van der Waals surface area contributed by atoms with Gasteiger partial charge in [0.1, 0.15) is 0 Å². The number of ether oxygens (including phenoxy) is 1. The van der Waals surface area contributed by atoms with Crippen molar-refractivity contribution >= 4 is 39.8 Å². The van der Waals surface area contributed by atoms with Gasteiger partial charge in [0.2, 0.25) is 0 Å². The van der Waals surface area contributed by atoms with Gasteiger partial charge in [-0.1, -0.05) is 13.3 Å². The third-order valence-electron chi connectivity index (χ3n) is 3.07. The summed E-state index contributed by atoms with van der Waals surface area (Å²) in [5, 5.41) is 6.31. The second-order valence-corrected chi connectivity index (χ2v) is 7.20. The van der Waals surface area contributed by atoms with Crippen LogP contribution in [-0.2, 0) is 14.6 Å². The molecule has 0 radical (unpaired) electrons. The van der Waals surface area contributed by atoms with E-state index < -0.39 is 9.84 Å². The Morgan fingerprint density at radius 1 is 1.33 bits per heavy atom. The maximum Gasteiger partial charge on any atom is 0.191 e. The van der Waals surface area contributed by atoms with Crippen LogP contribution in [0.3, 0.4) is 0 Å². The molecule has 6 nitrogen and oxygen atoms in total. The van der Waals surface area contributed by atoms with Gasteiger partial charge in [-0.05, 0) is 19.8 Å². The third kappa shape index (κ3) is 9.51. The highest BCUT2D eigenvalue weighted by Gasteiger charge is 2.28. The largest absolute Gasteiger partial charge is 0.380 e. The van der Waals surface area contributed by atoms with Crippen LogP contribution >= 0.6 is 24.0 Å². The second kappa shape index (κ2) is 11.5. The van der Waals surface area contributed by atoms with E-state index in [0.717, 1.165) is 26.0 Å². The van der Waals surface area contributed by atoms with Crippen LogP contribution in [0.5, 0.6) is 0 Å². The Morgan fingerprint density at radius 3 is 2.67 bits per heavy atom. The molecule has 1 heterocycles. The van der Waals surface area contributed by atoms with Crippen LogP contribution in [0.2, 0.25) is 0 Å². The molecule has 0 aromatic carbocycles. The summed E-state index contributed by atoms with van der Waals surface area (Å²) in [7, 11) is -2.86. The molecule has 1 atom stereocenters. The zero-order valence-electron chi connectivity index (χ0n) is 12.9. The molecule has 1 unspecified atom stereocenters. The maximum absolute atomic E-state index is 11.4. The number of nitrogens with one attached hydrogen (secondary N) is 2. The first-order chi connectivity index (χ1) is 9.57. The Kier molecular flexibility index (Phi) is 11.4. The van der Waals surface area contributed by atoms with Crippen LogP contribution in [0.4, 0.5) is 0 Å². The van der Waals surface area contributed by atoms with E-state index in [-0.39, 0.29) is 41.5 Å². The average molecular weight is 433 g/mol. The number of hydrogen-bond acceptors (Lipinski definition) is 4. The number of aliphatic imine (C=N–C) groups is 1. The van der Waals surface area contributed by atoms with Crippen LogP contribution in [0.25, 0.3) is 0 Å². The minimum Gasteiger partial charge on any atom is -0.380 e. The number of halogens is 1. The fraction of sp³-hybridized carbons (Fsp3) is 0.923. The normalized spacial score (nSPS) is 20.9. The van der Waals surface area contributed by atoms with Gasteiger partial charge in [0.15, 0.2) is 15.8 Å². The third-order valence-corrected chi connectivity index (χ3v) is 4.83. The van der Waals surface area contributed by atoms with Crippen molar-refractivity contribution in [2.24, 2.45) is 4.99 Å². The van der Waals surface area contributed by atoms with E-state index in [4.69, 9.17) is 4.74 Å². The van der Waals surface area contributed by atoms with E-state index in [9.17, 15) is 8.42 Å². The lowest BCUT2D eigenvalue weighted by Crippen LogP contribution is -2.44. The molecule has 1 aliphatic heterocycles. The van der Waals surface area contributed by atoms with Crippen molar-refractivity contribution in [1.29, 1.82) is 0 Å². The Bertz CT molecular complexity index is 401.